The molecule has 0 saturated carbocycles. The van der Waals surface area contributed by atoms with Crippen LogP contribution in [-0.2, 0) is 20.6 Å². The fourth-order valence-corrected chi connectivity index (χ4v) is 2.96. The molecule has 1 aliphatic rings. The molecule has 1 aromatic carbocycles. The average Bonchev–Trinajstić information content (AvgIpc) is 2.81. The smallest absolute Gasteiger partial charge is 0.455 e. The van der Waals surface area contributed by atoms with Crippen molar-refractivity contribution in [3.05, 3.63) is 22.7 Å². The monoisotopic (exact) mass is 525 g/mol. The van der Waals surface area contributed by atoms with Gasteiger partial charge in [0.15, 0.2) is 5.75 Å². The molecule has 2 atom stereocenters. The van der Waals surface area contributed by atoms with Crippen LogP contribution in [-0.4, -0.2) is 56.1 Å². The molecule has 34 heavy (non-hydrogen) atoms. The molecule has 0 radical (unpaired) electrons. The number of alkyl halides is 8. The van der Waals surface area contributed by atoms with Gasteiger partial charge in [0.25, 0.3) is 5.91 Å². The fourth-order valence-electron chi connectivity index (χ4n) is 2.75. The van der Waals surface area contributed by atoms with Crippen molar-refractivity contribution in [1.82, 2.24) is 10.6 Å². The number of anilines is 1. The third kappa shape index (κ3) is 5.80. The molecule has 0 spiro atoms. The number of benzene rings is 1. The summed E-state index contributed by atoms with van der Waals surface area (Å²) in [5.74, 6) is -11.6. The lowest BCUT2D eigenvalue weighted by atomic mass is 10.1. The van der Waals surface area contributed by atoms with Crippen molar-refractivity contribution in [3.8, 4) is 5.75 Å². The molecule has 1 aliphatic heterocycles. The molecule has 0 bridgehead atoms. The summed E-state index contributed by atoms with van der Waals surface area (Å²) >= 11 is 5.71. The summed E-state index contributed by atoms with van der Waals surface area (Å²) in [5.41, 5.74) is -1.65. The highest BCUT2D eigenvalue weighted by Gasteiger charge is 2.57. The van der Waals surface area contributed by atoms with E-state index in [1.807, 2.05) is 5.32 Å². The molecule has 7 nitrogen and oxygen atoms in total. The van der Waals surface area contributed by atoms with Crippen molar-refractivity contribution in [2.45, 2.75) is 31.2 Å². The van der Waals surface area contributed by atoms with Gasteiger partial charge in [0.05, 0.1) is 12.2 Å². The predicted molar refractivity (Wildman–Crippen MR) is 100 cm³/mol. The Labute approximate surface area is 191 Å². The number of fused-ring (bicyclic) bond motifs is 1. The van der Waals surface area contributed by atoms with E-state index in [0.717, 1.165) is 24.9 Å². The Bertz CT molecular complexity index is 983. The van der Waals surface area contributed by atoms with Crippen LogP contribution >= 0.6 is 11.6 Å². The maximum Gasteiger partial charge on any atom is 0.455 e. The second-order valence-corrected chi connectivity index (χ2v) is 7.65. The zero-order chi connectivity index (χ0) is 26.2. The largest absolute Gasteiger partial charge is 0.488 e. The topological polar surface area (TPSA) is 87.7 Å². The first kappa shape index (κ1) is 27.4. The van der Waals surface area contributed by atoms with Crippen LogP contribution in [0.5, 0.6) is 5.75 Å². The van der Waals surface area contributed by atoms with Gasteiger partial charge in [0.2, 0.25) is 11.8 Å². The Morgan fingerprint density at radius 1 is 1.15 bits per heavy atom. The molecule has 3 amide bonds. The molecule has 16 heteroatoms. The zero-order valence-corrected chi connectivity index (χ0v) is 18.0. The summed E-state index contributed by atoms with van der Waals surface area (Å²) in [7, 11) is 1.07. The number of carbonyl (C=O) groups is 3. The van der Waals surface area contributed by atoms with E-state index in [1.54, 1.807) is 0 Å². The number of amides is 3. The van der Waals surface area contributed by atoms with Gasteiger partial charge in [-0.05, 0) is 19.1 Å². The SMILES string of the molecule is CC(C(=O)NCC(F)(F)C(F)(F)F)C(=O)N[C@H]1COc2c(cc(Cl)cc2C(F)(F)F)N(C)C1=O. The van der Waals surface area contributed by atoms with E-state index in [2.05, 4.69) is 0 Å². The lowest BCUT2D eigenvalue weighted by Crippen LogP contribution is -2.53. The number of halogens is 9. The number of rotatable bonds is 5. The van der Waals surface area contributed by atoms with Crippen molar-refractivity contribution in [1.29, 1.82) is 0 Å². The third-order valence-electron chi connectivity index (χ3n) is 4.73. The number of likely N-dealkylation sites (N-methyl/N-ethyl adjacent to an activating group) is 1. The number of hydrogen-bond donors (Lipinski definition) is 2. The number of nitrogens with zero attached hydrogens (tertiary/aromatic N) is 1. The predicted octanol–water partition coefficient (Wildman–Crippen LogP) is 3.15. The Morgan fingerprint density at radius 2 is 1.74 bits per heavy atom. The van der Waals surface area contributed by atoms with E-state index in [0.29, 0.717) is 6.07 Å². The van der Waals surface area contributed by atoms with Gasteiger partial charge < -0.3 is 20.3 Å². The van der Waals surface area contributed by atoms with Crippen LogP contribution in [0.15, 0.2) is 12.1 Å². The highest BCUT2D eigenvalue weighted by atomic mass is 35.5. The van der Waals surface area contributed by atoms with E-state index in [4.69, 9.17) is 16.3 Å². The fraction of sp³-hybridized carbons (Fsp3) is 0.500. The van der Waals surface area contributed by atoms with Gasteiger partial charge in [-0.1, -0.05) is 11.6 Å². The van der Waals surface area contributed by atoms with Crippen molar-refractivity contribution < 1.29 is 54.2 Å². The highest BCUT2D eigenvalue weighted by molar-refractivity contribution is 6.31. The van der Waals surface area contributed by atoms with Crippen LogP contribution in [0, 0.1) is 5.92 Å². The number of nitrogens with one attached hydrogen (secondary N) is 2. The summed E-state index contributed by atoms with van der Waals surface area (Å²) in [6.45, 7) is -2.08. The van der Waals surface area contributed by atoms with Gasteiger partial charge in [-0.15, -0.1) is 0 Å². The van der Waals surface area contributed by atoms with Gasteiger partial charge in [0, 0.05) is 12.1 Å². The minimum atomic E-state index is -5.94. The van der Waals surface area contributed by atoms with Gasteiger partial charge in [-0.3, -0.25) is 14.4 Å². The molecule has 1 aromatic rings. The van der Waals surface area contributed by atoms with Crippen LogP contribution in [0.3, 0.4) is 0 Å². The second-order valence-electron chi connectivity index (χ2n) is 7.21. The Hall–Kier alpha value is -2.84. The van der Waals surface area contributed by atoms with Crippen molar-refractivity contribution >= 4 is 35.0 Å². The minimum Gasteiger partial charge on any atom is -0.488 e. The normalized spacial score (nSPS) is 17.9. The van der Waals surface area contributed by atoms with E-state index < -0.39 is 72.4 Å². The lowest BCUT2D eigenvalue weighted by Gasteiger charge is -2.23. The summed E-state index contributed by atoms with van der Waals surface area (Å²) < 4.78 is 108. The van der Waals surface area contributed by atoms with E-state index in [-0.39, 0.29) is 10.7 Å². The van der Waals surface area contributed by atoms with Crippen molar-refractivity contribution in [2.24, 2.45) is 5.92 Å². The van der Waals surface area contributed by atoms with Crippen molar-refractivity contribution in [2.75, 3.05) is 25.1 Å². The molecule has 0 fully saturated rings. The molecule has 2 N–H and O–H groups in total. The summed E-state index contributed by atoms with van der Waals surface area (Å²) in [5, 5.41) is 2.94. The molecule has 190 valence electrons. The maximum atomic E-state index is 13.4. The van der Waals surface area contributed by atoms with Crippen LogP contribution in [0.2, 0.25) is 5.02 Å². The summed E-state index contributed by atoms with van der Waals surface area (Å²) in [4.78, 5) is 37.5. The Kier molecular flexibility index (Phi) is 7.60. The number of ether oxygens (including phenoxy) is 1. The molecule has 1 heterocycles. The maximum absolute atomic E-state index is 13.4. The summed E-state index contributed by atoms with van der Waals surface area (Å²) in [6, 6.07) is -0.0390. The first-order valence-electron chi connectivity index (χ1n) is 9.20. The Morgan fingerprint density at radius 3 is 2.26 bits per heavy atom. The quantitative estimate of drug-likeness (QED) is 0.457. The van der Waals surface area contributed by atoms with Gasteiger partial charge in [-0.25, -0.2) is 0 Å². The minimum absolute atomic E-state index is 0.359. The Balaban J connectivity index is 2.15. The lowest BCUT2D eigenvalue weighted by molar-refractivity contribution is -0.278. The highest BCUT2D eigenvalue weighted by Crippen LogP contribution is 2.44. The number of hydrogen-bond acceptors (Lipinski definition) is 4. The van der Waals surface area contributed by atoms with Crippen LogP contribution in [0.1, 0.15) is 12.5 Å². The zero-order valence-electron chi connectivity index (χ0n) is 17.2. The average molecular weight is 526 g/mol. The van der Waals surface area contributed by atoms with Crippen molar-refractivity contribution in [3.63, 3.8) is 0 Å². The van der Waals surface area contributed by atoms with E-state index in [1.165, 1.54) is 5.32 Å². The first-order chi connectivity index (χ1) is 15.4. The van der Waals surface area contributed by atoms with Crippen LogP contribution < -0.4 is 20.3 Å². The number of carbonyl (C=O) groups excluding carboxylic acids is 3. The van der Waals surface area contributed by atoms with Gasteiger partial charge in [0.1, 0.15) is 24.1 Å². The van der Waals surface area contributed by atoms with E-state index in [9.17, 15) is 49.5 Å². The molecule has 0 aliphatic carbocycles. The van der Waals surface area contributed by atoms with Crippen LogP contribution in [0.4, 0.5) is 40.8 Å². The molecule has 0 aromatic heterocycles. The first-order valence-corrected chi connectivity index (χ1v) is 9.58. The van der Waals surface area contributed by atoms with Gasteiger partial charge >= 0.3 is 18.3 Å². The molecular weight excluding hydrogens is 510 g/mol. The summed E-state index contributed by atoms with van der Waals surface area (Å²) in [6.07, 6.45) is -10.8. The molecule has 2 rings (SSSR count). The molecular formula is C18H16ClF8N3O4. The van der Waals surface area contributed by atoms with Crippen LogP contribution in [0.25, 0.3) is 0 Å². The molecule has 0 saturated heterocycles. The third-order valence-corrected chi connectivity index (χ3v) is 4.94. The standard InChI is InChI=1S/C18H16ClF8N3O4/c1-7(13(31)28-6-16(20,21)18(25,26)27)14(32)29-10-5-34-12-9(17(22,23)24)3-8(19)4-11(12)30(2)15(10)33/h3-4,7,10H,5-6H2,1-2H3,(H,28,31)(H,29,32)/t7?,10-/m0/s1. The molecule has 1 unspecified atom stereocenters. The van der Waals surface area contributed by atoms with Gasteiger partial charge in [-0.2, -0.15) is 35.1 Å². The van der Waals surface area contributed by atoms with E-state index >= 15 is 0 Å². The second kappa shape index (κ2) is 9.43.